The van der Waals surface area contributed by atoms with Crippen molar-refractivity contribution >= 4 is 27.9 Å². The second-order valence-corrected chi connectivity index (χ2v) is 9.62. The Kier molecular flexibility index (Phi) is 10.3. The van der Waals surface area contributed by atoms with Gasteiger partial charge < -0.3 is 18.9 Å². The van der Waals surface area contributed by atoms with E-state index in [0.29, 0.717) is 23.6 Å². The Morgan fingerprint density at radius 1 is 1.08 bits per heavy atom. The van der Waals surface area contributed by atoms with Gasteiger partial charge in [0.15, 0.2) is 0 Å². The van der Waals surface area contributed by atoms with Crippen LogP contribution < -0.4 is 18.9 Å². The van der Waals surface area contributed by atoms with Gasteiger partial charge in [-0.05, 0) is 23.8 Å². The summed E-state index contributed by atoms with van der Waals surface area (Å²) in [6.07, 6.45) is -5.39. The number of nitrogens with zero attached hydrogens (tertiary/aromatic N) is 1. The van der Waals surface area contributed by atoms with Crippen molar-refractivity contribution in [3.8, 4) is 17.4 Å². The minimum atomic E-state index is -4.66. The van der Waals surface area contributed by atoms with E-state index in [4.69, 9.17) is 30.5 Å². The van der Waals surface area contributed by atoms with Gasteiger partial charge in [-0.15, -0.1) is 0 Å². The molecule has 0 aliphatic rings. The molecule has 0 radical (unpaired) electrons. The minimum Gasteiger partial charge on any atom is -0.491 e. The van der Waals surface area contributed by atoms with Crippen molar-refractivity contribution in [1.82, 2.24) is 14.4 Å². The van der Waals surface area contributed by atoms with Crippen LogP contribution in [0.2, 0.25) is 5.02 Å². The number of hydrogen-bond acceptors (Lipinski definition) is 8. The Bertz CT molecular complexity index is 1380. The van der Waals surface area contributed by atoms with E-state index in [9.17, 15) is 26.4 Å². The number of aromatic nitrogens is 1. The number of hydrogen-bond donors (Lipinski definition) is 2. The summed E-state index contributed by atoms with van der Waals surface area (Å²) >= 11 is 5.95. The number of ether oxygens (including phenoxy) is 4. The van der Waals surface area contributed by atoms with E-state index in [0.717, 1.165) is 0 Å². The van der Waals surface area contributed by atoms with Crippen LogP contribution in [0.3, 0.4) is 0 Å². The van der Waals surface area contributed by atoms with Crippen LogP contribution in [0.15, 0.2) is 60.8 Å². The zero-order chi connectivity index (χ0) is 28.5. The number of alkyl halides is 3. The fourth-order valence-electron chi connectivity index (χ4n) is 2.93. The third-order valence-electron chi connectivity index (χ3n) is 4.82. The second kappa shape index (κ2) is 13.5. The average molecular weight is 590 g/mol. The SMILES string of the molecule is COCCOc1ccc(COC(=O)NS(=O)(=O)NCc2ccccc2)c(Oc2ncc(C(F)(F)F)cc2Cl)c1. The number of pyridine rings is 1. The maximum absolute atomic E-state index is 13.0. The van der Waals surface area contributed by atoms with Crippen LogP contribution in [0.5, 0.6) is 17.4 Å². The molecule has 2 aromatic carbocycles. The molecule has 15 heteroatoms. The zero-order valence-corrected chi connectivity index (χ0v) is 21.9. The van der Waals surface area contributed by atoms with Gasteiger partial charge in [0.1, 0.15) is 29.7 Å². The Balaban J connectivity index is 1.71. The number of methoxy groups -OCH3 is 1. The number of carbonyl (C=O) groups excluding carboxylic acids is 1. The van der Waals surface area contributed by atoms with Crippen LogP contribution >= 0.6 is 11.6 Å². The Hall–Kier alpha value is -3.59. The van der Waals surface area contributed by atoms with Crippen molar-refractivity contribution < 1.29 is 45.3 Å². The molecule has 210 valence electrons. The highest BCUT2D eigenvalue weighted by Gasteiger charge is 2.32. The first-order chi connectivity index (χ1) is 18.5. The van der Waals surface area contributed by atoms with E-state index in [1.54, 1.807) is 35.1 Å². The van der Waals surface area contributed by atoms with Gasteiger partial charge in [-0.25, -0.2) is 14.5 Å². The van der Waals surface area contributed by atoms with E-state index in [2.05, 4.69) is 9.71 Å². The molecule has 0 aliphatic heterocycles. The van der Waals surface area contributed by atoms with Crippen LogP contribution in [-0.4, -0.2) is 39.8 Å². The van der Waals surface area contributed by atoms with Crippen molar-refractivity contribution in [2.45, 2.75) is 19.3 Å². The quantitative estimate of drug-likeness (QED) is 0.288. The number of carbonyl (C=O) groups is 1. The van der Waals surface area contributed by atoms with Gasteiger partial charge in [0, 0.05) is 31.5 Å². The fraction of sp³-hybridized carbons (Fsp3) is 0.250. The number of amides is 1. The molecule has 0 saturated carbocycles. The van der Waals surface area contributed by atoms with Gasteiger partial charge in [0.2, 0.25) is 5.88 Å². The van der Waals surface area contributed by atoms with Crippen LogP contribution in [0.25, 0.3) is 0 Å². The van der Waals surface area contributed by atoms with E-state index in [-0.39, 0.29) is 37.0 Å². The van der Waals surface area contributed by atoms with Crippen molar-refractivity contribution in [1.29, 1.82) is 0 Å². The maximum atomic E-state index is 13.0. The molecule has 0 spiro atoms. The Labute approximate surface area is 227 Å². The molecule has 2 N–H and O–H groups in total. The predicted octanol–water partition coefficient (Wildman–Crippen LogP) is 4.83. The van der Waals surface area contributed by atoms with Gasteiger partial charge in [-0.3, -0.25) is 0 Å². The summed E-state index contributed by atoms with van der Waals surface area (Å²) in [6.45, 7) is -0.0829. The molecule has 39 heavy (non-hydrogen) atoms. The lowest BCUT2D eigenvalue weighted by atomic mass is 10.2. The summed E-state index contributed by atoms with van der Waals surface area (Å²) in [4.78, 5) is 15.8. The zero-order valence-electron chi connectivity index (χ0n) is 20.3. The minimum absolute atomic E-state index is 0.0167. The highest BCUT2D eigenvalue weighted by Crippen LogP contribution is 2.36. The Morgan fingerprint density at radius 2 is 1.82 bits per heavy atom. The average Bonchev–Trinajstić information content (AvgIpc) is 2.88. The molecule has 0 bridgehead atoms. The molecular formula is C24H23ClF3N3O7S. The van der Waals surface area contributed by atoms with E-state index in [1.165, 1.54) is 25.3 Å². The molecule has 0 unspecified atom stereocenters. The number of benzene rings is 2. The van der Waals surface area contributed by atoms with Gasteiger partial charge in [-0.1, -0.05) is 41.9 Å². The van der Waals surface area contributed by atoms with Gasteiger partial charge in [0.05, 0.1) is 12.2 Å². The van der Waals surface area contributed by atoms with Crippen LogP contribution in [-0.2, 0) is 39.0 Å². The normalized spacial score (nSPS) is 11.6. The van der Waals surface area contributed by atoms with Crippen molar-refractivity contribution in [2.24, 2.45) is 0 Å². The summed E-state index contributed by atoms with van der Waals surface area (Å²) in [6, 6.07) is 13.6. The molecule has 3 aromatic rings. The van der Waals surface area contributed by atoms with Crippen LogP contribution in [0, 0.1) is 0 Å². The van der Waals surface area contributed by atoms with E-state index >= 15 is 0 Å². The molecule has 0 saturated heterocycles. The highest BCUT2D eigenvalue weighted by molar-refractivity contribution is 7.88. The molecule has 3 rings (SSSR count). The largest absolute Gasteiger partial charge is 0.491 e. The lowest BCUT2D eigenvalue weighted by molar-refractivity contribution is -0.137. The molecule has 1 amide bonds. The lowest BCUT2D eigenvalue weighted by Gasteiger charge is -2.15. The standard InChI is InChI=1S/C24H23ClF3N3O7S/c1-35-9-10-36-19-8-7-17(21(12-19)38-22-20(25)11-18(14-29-22)24(26,27)28)15-37-23(32)31-39(33,34)30-13-16-5-3-2-4-6-16/h2-8,11-12,14,30H,9-10,13,15H2,1H3,(H,31,32). The third kappa shape index (κ3) is 9.58. The van der Waals surface area contributed by atoms with E-state index in [1.807, 2.05) is 0 Å². The molecule has 0 aliphatic carbocycles. The first kappa shape index (κ1) is 30.0. The maximum Gasteiger partial charge on any atom is 0.422 e. The first-order valence-electron chi connectivity index (χ1n) is 11.1. The molecule has 0 atom stereocenters. The van der Waals surface area contributed by atoms with Crippen molar-refractivity contribution in [3.63, 3.8) is 0 Å². The summed E-state index contributed by atoms with van der Waals surface area (Å²) in [5, 5.41) is -0.421. The summed E-state index contributed by atoms with van der Waals surface area (Å²) in [5.74, 6) is -0.0694. The van der Waals surface area contributed by atoms with Gasteiger partial charge in [-0.2, -0.15) is 26.3 Å². The Morgan fingerprint density at radius 3 is 2.49 bits per heavy atom. The third-order valence-corrected chi connectivity index (χ3v) is 6.05. The van der Waals surface area contributed by atoms with Crippen LogP contribution in [0.4, 0.5) is 18.0 Å². The van der Waals surface area contributed by atoms with E-state index < -0.39 is 39.7 Å². The predicted molar refractivity (Wildman–Crippen MR) is 134 cm³/mol. The number of nitrogens with one attached hydrogen (secondary N) is 2. The number of halogens is 4. The highest BCUT2D eigenvalue weighted by atomic mass is 35.5. The molecule has 1 heterocycles. The van der Waals surface area contributed by atoms with Gasteiger partial charge in [0.25, 0.3) is 0 Å². The monoisotopic (exact) mass is 589 g/mol. The topological polar surface area (TPSA) is 125 Å². The number of rotatable bonds is 12. The molecule has 0 fully saturated rings. The fourth-order valence-corrected chi connectivity index (χ4v) is 3.85. The van der Waals surface area contributed by atoms with Crippen molar-refractivity contribution in [2.75, 3.05) is 20.3 Å². The first-order valence-corrected chi connectivity index (χ1v) is 13.0. The van der Waals surface area contributed by atoms with Crippen LogP contribution in [0.1, 0.15) is 16.7 Å². The lowest BCUT2D eigenvalue weighted by Crippen LogP contribution is -2.40. The van der Waals surface area contributed by atoms with Crippen molar-refractivity contribution in [3.05, 3.63) is 82.5 Å². The summed E-state index contributed by atoms with van der Waals surface area (Å²) < 4.78 is 88.2. The summed E-state index contributed by atoms with van der Waals surface area (Å²) in [5.41, 5.74) is -0.197. The second-order valence-electron chi connectivity index (χ2n) is 7.71. The smallest absolute Gasteiger partial charge is 0.422 e. The van der Waals surface area contributed by atoms with Gasteiger partial charge >= 0.3 is 22.5 Å². The molecule has 1 aromatic heterocycles. The molecule has 10 nitrogen and oxygen atoms in total. The molecular weight excluding hydrogens is 567 g/mol. The summed E-state index contributed by atoms with van der Waals surface area (Å²) in [7, 11) is -2.76.